The number of likely N-dealkylation sites (tertiary alicyclic amines) is 1. The Kier molecular flexibility index (Phi) is 10.1. The van der Waals surface area contributed by atoms with Gasteiger partial charge in [-0.15, -0.1) is 12.4 Å². The Morgan fingerprint density at radius 3 is 2.67 bits per heavy atom. The largest absolute Gasteiger partial charge is 0.494 e. The maximum Gasteiger partial charge on any atom is 0.296 e. The molecular formula is C18H29ClN4O4. The van der Waals surface area contributed by atoms with Crippen LogP contribution in [0.1, 0.15) is 26.2 Å². The molecule has 1 aromatic rings. The van der Waals surface area contributed by atoms with E-state index >= 15 is 0 Å². The molecule has 0 bridgehead atoms. The van der Waals surface area contributed by atoms with Crippen LogP contribution in [0.5, 0.6) is 5.75 Å². The van der Waals surface area contributed by atoms with Crippen molar-refractivity contribution in [2.45, 2.75) is 26.2 Å². The topological polar surface area (TPSA) is 96.7 Å². The summed E-state index contributed by atoms with van der Waals surface area (Å²) in [5.74, 6) is 0.890. The maximum atomic E-state index is 12.3. The molecule has 1 amide bonds. The zero-order valence-electron chi connectivity index (χ0n) is 15.9. The van der Waals surface area contributed by atoms with Crippen LogP contribution in [0.25, 0.3) is 0 Å². The number of nitrogens with zero attached hydrogens (tertiary/aromatic N) is 2. The van der Waals surface area contributed by atoms with Gasteiger partial charge in [-0.3, -0.25) is 19.8 Å². The van der Waals surface area contributed by atoms with E-state index < -0.39 is 4.92 Å². The summed E-state index contributed by atoms with van der Waals surface area (Å²) >= 11 is 0. The Bertz CT molecular complexity index is 621. The molecule has 2 N–H and O–H groups in total. The number of amides is 1. The number of anilines is 1. The number of halogens is 1. The molecule has 0 atom stereocenters. The van der Waals surface area contributed by atoms with Crippen LogP contribution in [0.3, 0.4) is 0 Å². The van der Waals surface area contributed by atoms with Gasteiger partial charge in [0, 0.05) is 0 Å². The van der Waals surface area contributed by atoms with Gasteiger partial charge in [-0.05, 0) is 70.9 Å². The number of benzene rings is 1. The van der Waals surface area contributed by atoms with Gasteiger partial charge in [0.05, 0.1) is 24.1 Å². The number of piperidine rings is 1. The molecule has 9 heteroatoms. The third-order valence-corrected chi connectivity index (χ3v) is 4.63. The monoisotopic (exact) mass is 400 g/mol. The van der Waals surface area contributed by atoms with E-state index in [1.54, 1.807) is 6.07 Å². The molecule has 1 aliphatic heterocycles. The first-order valence-corrected chi connectivity index (χ1v) is 9.11. The van der Waals surface area contributed by atoms with Gasteiger partial charge < -0.3 is 15.4 Å². The first-order valence-electron chi connectivity index (χ1n) is 9.11. The van der Waals surface area contributed by atoms with Crippen molar-refractivity contribution in [3.8, 4) is 5.75 Å². The van der Waals surface area contributed by atoms with E-state index in [0.29, 0.717) is 18.3 Å². The molecule has 1 fully saturated rings. The summed E-state index contributed by atoms with van der Waals surface area (Å²) in [5.41, 5.74) is 0.0439. The van der Waals surface area contributed by atoms with Crippen molar-refractivity contribution in [2.24, 2.45) is 5.92 Å². The molecule has 0 aliphatic carbocycles. The number of nitrogens with one attached hydrogen (secondary N) is 2. The number of hydrogen-bond acceptors (Lipinski definition) is 6. The van der Waals surface area contributed by atoms with Crippen molar-refractivity contribution in [1.82, 2.24) is 10.2 Å². The summed E-state index contributed by atoms with van der Waals surface area (Å²) in [6.07, 6.45) is 3.32. The lowest BCUT2D eigenvalue weighted by Crippen LogP contribution is -2.39. The predicted octanol–water partition coefficient (Wildman–Crippen LogP) is 2.68. The average molecular weight is 401 g/mol. The quantitative estimate of drug-likeness (QED) is 0.488. The van der Waals surface area contributed by atoms with Gasteiger partial charge in [-0.25, -0.2) is 0 Å². The first kappa shape index (κ1) is 23.1. The average Bonchev–Trinajstić information content (AvgIpc) is 2.62. The minimum absolute atomic E-state index is 0. The second-order valence-electron chi connectivity index (χ2n) is 6.53. The van der Waals surface area contributed by atoms with Crippen LogP contribution in [0.15, 0.2) is 18.2 Å². The second-order valence-corrected chi connectivity index (χ2v) is 6.53. The fraction of sp³-hybridized carbons (Fsp3) is 0.611. The third kappa shape index (κ3) is 7.32. The normalized spacial score (nSPS) is 15.0. The van der Waals surface area contributed by atoms with Crippen molar-refractivity contribution in [1.29, 1.82) is 0 Å². The molecule has 2 rings (SSSR count). The van der Waals surface area contributed by atoms with Gasteiger partial charge in [0.25, 0.3) is 5.69 Å². The summed E-state index contributed by atoms with van der Waals surface area (Å²) in [4.78, 5) is 25.2. The van der Waals surface area contributed by atoms with E-state index in [-0.39, 0.29) is 36.2 Å². The molecule has 27 heavy (non-hydrogen) atoms. The van der Waals surface area contributed by atoms with Crippen molar-refractivity contribution in [2.75, 3.05) is 45.2 Å². The summed E-state index contributed by atoms with van der Waals surface area (Å²) in [6, 6.07) is 4.48. The van der Waals surface area contributed by atoms with Crippen LogP contribution in [-0.2, 0) is 4.79 Å². The molecule has 1 heterocycles. The maximum absolute atomic E-state index is 12.3. The number of rotatable bonds is 9. The summed E-state index contributed by atoms with van der Waals surface area (Å²) in [6.45, 7) is 5.27. The van der Waals surface area contributed by atoms with Crippen LogP contribution in [0.4, 0.5) is 11.4 Å². The highest BCUT2D eigenvalue weighted by atomic mass is 35.5. The smallest absolute Gasteiger partial charge is 0.296 e. The van der Waals surface area contributed by atoms with E-state index in [1.165, 1.54) is 12.1 Å². The SMILES string of the molecule is CCOc1ccc(NC(=O)CN2CCC(CCNC)CC2)c([N+](=O)[O-])c1.Cl. The third-order valence-electron chi connectivity index (χ3n) is 4.63. The summed E-state index contributed by atoms with van der Waals surface area (Å²) in [7, 11) is 1.96. The van der Waals surface area contributed by atoms with Crippen LogP contribution >= 0.6 is 12.4 Å². The molecule has 0 saturated carbocycles. The van der Waals surface area contributed by atoms with Gasteiger partial charge in [0.1, 0.15) is 11.4 Å². The Labute approximate surface area is 166 Å². The van der Waals surface area contributed by atoms with Gasteiger partial charge in [0.2, 0.25) is 5.91 Å². The Morgan fingerprint density at radius 1 is 1.37 bits per heavy atom. The number of ether oxygens (including phenoxy) is 1. The summed E-state index contributed by atoms with van der Waals surface area (Å²) < 4.78 is 5.29. The molecule has 1 aromatic carbocycles. The van der Waals surface area contributed by atoms with Crippen molar-refractivity contribution in [3.05, 3.63) is 28.3 Å². The van der Waals surface area contributed by atoms with E-state index in [4.69, 9.17) is 4.74 Å². The van der Waals surface area contributed by atoms with Crippen molar-refractivity contribution < 1.29 is 14.5 Å². The Morgan fingerprint density at radius 2 is 2.07 bits per heavy atom. The van der Waals surface area contributed by atoms with E-state index in [2.05, 4.69) is 15.5 Å². The lowest BCUT2D eigenvalue weighted by atomic mass is 9.93. The van der Waals surface area contributed by atoms with Crippen LogP contribution in [0.2, 0.25) is 0 Å². The molecule has 1 saturated heterocycles. The Hall–Kier alpha value is -1.90. The van der Waals surface area contributed by atoms with Gasteiger partial charge in [0.15, 0.2) is 0 Å². The number of carbonyl (C=O) groups excluding carboxylic acids is 1. The molecule has 152 valence electrons. The fourth-order valence-corrected chi connectivity index (χ4v) is 3.20. The highest BCUT2D eigenvalue weighted by Crippen LogP contribution is 2.29. The van der Waals surface area contributed by atoms with Crippen LogP contribution in [-0.4, -0.2) is 55.6 Å². The van der Waals surface area contributed by atoms with Gasteiger partial charge >= 0.3 is 0 Å². The molecule has 0 unspecified atom stereocenters. The van der Waals surface area contributed by atoms with E-state index in [9.17, 15) is 14.9 Å². The highest BCUT2D eigenvalue weighted by Gasteiger charge is 2.22. The van der Waals surface area contributed by atoms with Gasteiger partial charge in [-0.1, -0.05) is 0 Å². The zero-order chi connectivity index (χ0) is 18.9. The fourth-order valence-electron chi connectivity index (χ4n) is 3.20. The number of nitro groups is 1. The molecular weight excluding hydrogens is 372 g/mol. The van der Waals surface area contributed by atoms with Crippen molar-refractivity contribution >= 4 is 29.7 Å². The molecule has 0 aromatic heterocycles. The minimum atomic E-state index is -0.509. The molecule has 8 nitrogen and oxygen atoms in total. The number of carbonyl (C=O) groups is 1. The Balaban J connectivity index is 0.00000364. The van der Waals surface area contributed by atoms with Crippen molar-refractivity contribution in [3.63, 3.8) is 0 Å². The van der Waals surface area contributed by atoms with E-state index in [0.717, 1.165) is 38.9 Å². The lowest BCUT2D eigenvalue weighted by molar-refractivity contribution is -0.384. The second kappa shape index (κ2) is 11.7. The summed E-state index contributed by atoms with van der Waals surface area (Å²) in [5, 5.41) is 17.1. The van der Waals surface area contributed by atoms with Crippen LogP contribution < -0.4 is 15.4 Å². The zero-order valence-corrected chi connectivity index (χ0v) is 16.7. The first-order chi connectivity index (χ1) is 12.5. The predicted molar refractivity (Wildman–Crippen MR) is 108 cm³/mol. The van der Waals surface area contributed by atoms with Crippen LogP contribution in [0, 0.1) is 16.0 Å². The molecule has 1 aliphatic rings. The molecule has 0 spiro atoms. The van der Waals surface area contributed by atoms with Gasteiger partial charge in [-0.2, -0.15) is 0 Å². The highest BCUT2D eigenvalue weighted by molar-refractivity contribution is 5.94. The van der Waals surface area contributed by atoms with E-state index in [1.807, 2.05) is 14.0 Å². The number of nitro benzene ring substituents is 1. The minimum Gasteiger partial charge on any atom is -0.494 e. The molecule has 0 radical (unpaired) electrons. The number of hydrogen-bond donors (Lipinski definition) is 2. The lowest BCUT2D eigenvalue weighted by Gasteiger charge is -2.31. The standard InChI is InChI=1S/C18H28N4O4.ClH/c1-3-26-15-4-5-16(17(12-15)22(24)25)20-18(23)13-21-10-7-14(8-11-21)6-9-19-2;/h4-5,12,14,19H,3,6-11,13H2,1-2H3,(H,20,23);1H.